The maximum atomic E-state index is 13.3. The van der Waals surface area contributed by atoms with E-state index in [0.717, 1.165) is 25.9 Å². The van der Waals surface area contributed by atoms with Crippen LogP contribution in [0.1, 0.15) is 57.8 Å². The number of hydrogen-bond donors (Lipinski definition) is 0. The summed E-state index contributed by atoms with van der Waals surface area (Å²) < 4.78 is 39.8. The molecule has 0 N–H and O–H groups in total. The van der Waals surface area contributed by atoms with Crippen molar-refractivity contribution in [3.8, 4) is 0 Å². The first-order valence-corrected chi connectivity index (χ1v) is 9.99. The van der Waals surface area contributed by atoms with Gasteiger partial charge in [0.05, 0.1) is 5.92 Å². The quantitative estimate of drug-likeness (QED) is 0.757. The number of rotatable bonds is 3. The van der Waals surface area contributed by atoms with E-state index in [1.165, 1.54) is 0 Å². The summed E-state index contributed by atoms with van der Waals surface area (Å²) in [5, 5.41) is 0. The Labute approximate surface area is 153 Å². The van der Waals surface area contributed by atoms with Gasteiger partial charge in [-0.05, 0) is 44.4 Å². The van der Waals surface area contributed by atoms with E-state index in [1.54, 1.807) is 4.90 Å². The maximum absolute atomic E-state index is 13.3. The summed E-state index contributed by atoms with van der Waals surface area (Å²) >= 11 is 0. The second-order valence-corrected chi connectivity index (χ2v) is 8.10. The molecular weight excluding hydrogens is 345 g/mol. The molecule has 2 atom stereocenters. The van der Waals surface area contributed by atoms with Crippen molar-refractivity contribution < 1.29 is 22.8 Å². The molecule has 0 aromatic heterocycles. The average molecular weight is 374 g/mol. The van der Waals surface area contributed by atoms with Gasteiger partial charge in [0.2, 0.25) is 11.8 Å². The molecule has 3 rings (SSSR count). The van der Waals surface area contributed by atoms with Crippen LogP contribution in [0, 0.1) is 17.8 Å². The zero-order chi connectivity index (χ0) is 18.7. The minimum Gasteiger partial charge on any atom is -0.343 e. The molecule has 2 amide bonds. The molecule has 7 heteroatoms. The molecule has 1 saturated carbocycles. The normalized spacial score (nSPS) is 28.4. The molecule has 148 valence electrons. The number of alkyl halides is 3. The zero-order valence-electron chi connectivity index (χ0n) is 15.3. The van der Waals surface area contributed by atoms with Gasteiger partial charge in [0, 0.05) is 38.5 Å². The smallest absolute Gasteiger partial charge is 0.343 e. The molecular formula is C19H29F3N2O2. The van der Waals surface area contributed by atoms with Gasteiger partial charge in [-0.15, -0.1) is 0 Å². The van der Waals surface area contributed by atoms with Gasteiger partial charge in [-0.2, -0.15) is 13.2 Å². The van der Waals surface area contributed by atoms with Crippen LogP contribution in [-0.2, 0) is 9.59 Å². The van der Waals surface area contributed by atoms with Crippen molar-refractivity contribution in [2.75, 3.05) is 26.2 Å². The van der Waals surface area contributed by atoms with Gasteiger partial charge >= 0.3 is 6.18 Å². The first-order chi connectivity index (χ1) is 12.4. The van der Waals surface area contributed by atoms with Crippen LogP contribution in [0.15, 0.2) is 0 Å². The predicted octanol–water partition coefficient (Wildman–Crippen LogP) is 3.61. The fourth-order valence-electron chi connectivity index (χ4n) is 4.75. The number of carbonyl (C=O) groups is 2. The fraction of sp³-hybridized carbons (Fsp3) is 0.895. The van der Waals surface area contributed by atoms with Gasteiger partial charge in [-0.1, -0.05) is 12.8 Å². The first-order valence-electron chi connectivity index (χ1n) is 9.99. The number of piperidine rings is 1. The standard InChI is InChI=1S/C19H29F3N2O2/c20-19(21,22)16-6-2-1-5-15(16)18(26)24-11-7-14(8-12-24)13-17(25)23-9-3-4-10-23/h14-16H,1-13H2/t15-,16+/m1/s1. The van der Waals surface area contributed by atoms with E-state index < -0.39 is 18.0 Å². The van der Waals surface area contributed by atoms with Crippen molar-refractivity contribution >= 4 is 11.8 Å². The Morgan fingerprint density at radius 3 is 2.04 bits per heavy atom. The van der Waals surface area contributed by atoms with E-state index in [4.69, 9.17) is 0 Å². The van der Waals surface area contributed by atoms with E-state index in [1.807, 2.05) is 4.90 Å². The lowest BCUT2D eigenvalue weighted by Crippen LogP contribution is -2.47. The Morgan fingerprint density at radius 1 is 0.808 bits per heavy atom. The lowest BCUT2D eigenvalue weighted by atomic mass is 9.77. The Kier molecular flexibility index (Phi) is 6.13. The summed E-state index contributed by atoms with van der Waals surface area (Å²) in [6, 6.07) is 0. The third-order valence-electron chi connectivity index (χ3n) is 6.35. The second-order valence-electron chi connectivity index (χ2n) is 8.10. The van der Waals surface area contributed by atoms with Gasteiger partial charge in [0.25, 0.3) is 0 Å². The van der Waals surface area contributed by atoms with Gasteiger partial charge in [-0.3, -0.25) is 9.59 Å². The van der Waals surface area contributed by atoms with Crippen LogP contribution in [0.4, 0.5) is 13.2 Å². The molecule has 2 aliphatic heterocycles. The lowest BCUT2D eigenvalue weighted by molar-refractivity contribution is -0.201. The summed E-state index contributed by atoms with van der Waals surface area (Å²) in [6.45, 7) is 2.66. The van der Waals surface area contributed by atoms with E-state index in [2.05, 4.69) is 0 Å². The third kappa shape index (κ3) is 4.52. The van der Waals surface area contributed by atoms with Crippen LogP contribution in [0.3, 0.4) is 0 Å². The van der Waals surface area contributed by atoms with E-state index in [0.29, 0.717) is 51.6 Å². The molecule has 0 spiro atoms. The molecule has 0 unspecified atom stereocenters. The van der Waals surface area contributed by atoms with Crippen molar-refractivity contribution in [2.45, 2.75) is 64.0 Å². The summed E-state index contributed by atoms with van der Waals surface area (Å²) in [7, 11) is 0. The van der Waals surface area contributed by atoms with Gasteiger partial charge in [-0.25, -0.2) is 0 Å². The summed E-state index contributed by atoms with van der Waals surface area (Å²) in [5.41, 5.74) is 0. The number of halogens is 3. The summed E-state index contributed by atoms with van der Waals surface area (Å²) in [6.07, 6.45) is 1.46. The Balaban J connectivity index is 1.50. The largest absolute Gasteiger partial charge is 0.392 e. The zero-order valence-corrected chi connectivity index (χ0v) is 15.3. The highest BCUT2D eigenvalue weighted by molar-refractivity contribution is 5.79. The highest BCUT2D eigenvalue weighted by Crippen LogP contribution is 2.42. The molecule has 3 fully saturated rings. The van der Waals surface area contributed by atoms with Crippen molar-refractivity contribution in [3.63, 3.8) is 0 Å². The van der Waals surface area contributed by atoms with Crippen LogP contribution in [0.5, 0.6) is 0 Å². The summed E-state index contributed by atoms with van der Waals surface area (Å²) in [4.78, 5) is 28.5. The van der Waals surface area contributed by atoms with E-state index in [-0.39, 0.29) is 24.2 Å². The lowest BCUT2D eigenvalue weighted by Gasteiger charge is -2.38. The topological polar surface area (TPSA) is 40.6 Å². The number of hydrogen-bond acceptors (Lipinski definition) is 2. The molecule has 0 radical (unpaired) electrons. The van der Waals surface area contributed by atoms with Crippen LogP contribution in [0.25, 0.3) is 0 Å². The Hall–Kier alpha value is -1.27. The summed E-state index contributed by atoms with van der Waals surface area (Å²) in [5.74, 6) is -2.28. The molecule has 1 aliphatic carbocycles. The Bertz CT molecular complexity index is 509. The Morgan fingerprint density at radius 2 is 1.42 bits per heavy atom. The van der Waals surface area contributed by atoms with E-state index >= 15 is 0 Å². The molecule has 0 aromatic rings. The monoisotopic (exact) mass is 374 g/mol. The number of likely N-dealkylation sites (tertiary alicyclic amines) is 2. The van der Waals surface area contributed by atoms with Gasteiger partial charge in [0.1, 0.15) is 0 Å². The molecule has 2 saturated heterocycles. The SMILES string of the molecule is O=C(CC1CCN(C(=O)[C@@H]2CCCC[C@@H]2C(F)(F)F)CC1)N1CCCC1. The van der Waals surface area contributed by atoms with Crippen molar-refractivity contribution in [1.29, 1.82) is 0 Å². The van der Waals surface area contributed by atoms with Crippen LogP contribution < -0.4 is 0 Å². The highest BCUT2D eigenvalue weighted by Gasteiger charge is 2.49. The predicted molar refractivity (Wildman–Crippen MR) is 91.2 cm³/mol. The first kappa shape index (κ1) is 19.5. The highest BCUT2D eigenvalue weighted by atomic mass is 19.4. The fourth-order valence-corrected chi connectivity index (χ4v) is 4.75. The molecule has 4 nitrogen and oxygen atoms in total. The second kappa shape index (κ2) is 8.17. The maximum Gasteiger partial charge on any atom is 0.392 e. The average Bonchev–Trinajstić information content (AvgIpc) is 3.16. The third-order valence-corrected chi connectivity index (χ3v) is 6.35. The molecule has 3 aliphatic rings. The van der Waals surface area contributed by atoms with Gasteiger partial charge < -0.3 is 9.80 Å². The van der Waals surface area contributed by atoms with Crippen molar-refractivity contribution in [3.05, 3.63) is 0 Å². The van der Waals surface area contributed by atoms with Crippen LogP contribution in [0.2, 0.25) is 0 Å². The van der Waals surface area contributed by atoms with Crippen LogP contribution >= 0.6 is 0 Å². The molecule has 2 heterocycles. The van der Waals surface area contributed by atoms with E-state index in [9.17, 15) is 22.8 Å². The molecule has 26 heavy (non-hydrogen) atoms. The number of amides is 2. The molecule has 0 bridgehead atoms. The number of carbonyl (C=O) groups excluding carboxylic acids is 2. The molecule has 0 aromatic carbocycles. The minimum atomic E-state index is -4.29. The van der Waals surface area contributed by atoms with Crippen molar-refractivity contribution in [1.82, 2.24) is 9.80 Å². The van der Waals surface area contributed by atoms with Gasteiger partial charge in [0.15, 0.2) is 0 Å². The van der Waals surface area contributed by atoms with Crippen molar-refractivity contribution in [2.24, 2.45) is 17.8 Å². The number of nitrogens with zero attached hydrogens (tertiary/aromatic N) is 2. The van der Waals surface area contributed by atoms with Crippen LogP contribution in [-0.4, -0.2) is 54.0 Å². The minimum absolute atomic E-state index is 0.0701.